The van der Waals surface area contributed by atoms with Gasteiger partial charge in [-0.3, -0.25) is 4.79 Å². The average molecular weight is 352 g/mol. The van der Waals surface area contributed by atoms with Crippen molar-refractivity contribution >= 4 is 34.2 Å². The molecule has 1 heterocycles. The molecule has 3 nitrogen and oxygen atoms in total. The van der Waals surface area contributed by atoms with Crippen LogP contribution in [-0.2, 0) is 11.2 Å². The molecule has 1 atom stereocenters. The van der Waals surface area contributed by atoms with Crippen LogP contribution in [0.3, 0.4) is 0 Å². The van der Waals surface area contributed by atoms with Crippen molar-refractivity contribution in [1.29, 1.82) is 0 Å². The maximum Gasteiger partial charge on any atom is 0.227 e. The number of hydrogen-bond donors (Lipinski definition) is 1. The Morgan fingerprint density at radius 2 is 2.32 bits per heavy atom. The molecular weight excluding hydrogens is 335 g/mol. The zero-order valence-corrected chi connectivity index (χ0v) is 13.1. The Balaban J connectivity index is 0.00000180. The van der Waals surface area contributed by atoms with E-state index in [1.807, 2.05) is 4.90 Å². The first kappa shape index (κ1) is 16.4. The van der Waals surface area contributed by atoms with E-state index in [-0.39, 0.29) is 30.6 Å². The molecule has 0 spiro atoms. The smallest absolute Gasteiger partial charge is 0.227 e. The summed E-state index contributed by atoms with van der Waals surface area (Å²) in [5.74, 6) is -0.260. The van der Waals surface area contributed by atoms with Crippen molar-refractivity contribution in [1.82, 2.24) is 10.2 Å². The summed E-state index contributed by atoms with van der Waals surface area (Å²) in [4.78, 5) is 14.0. The Morgan fingerprint density at radius 3 is 3.00 bits per heavy atom. The molecule has 2 rings (SSSR count). The van der Waals surface area contributed by atoms with Crippen molar-refractivity contribution in [2.45, 2.75) is 19.4 Å². The maximum absolute atomic E-state index is 13.1. The molecule has 1 fully saturated rings. The van der Waals surface area contributed by atoms with E-state index in [1.54, 1.807) is 6.07 Å². The highest BCUT2D eigenvalue weighted by molar-refractivity contribution is 9.10. The lowest BCUT2D eigenvalue weighted by Gasteiger charge is -2.32. The van der Waals surface area contributed by atoms with Gasteiger partial charge >= 0.3 is 0 Å². The molecule has 0 bridgehead atoms. The minimum absolute atomic E-state index is 0. The van der Waals surface area contributed by atoms with Crippen LogP contribution in [0.1, 0.15) is 12.5 Å². The predicted molar refractivity (Wildman–Crippen MR) is 79.1 cm³/mol. The predicted octanol–water partition coefficient (Wildman–Crippen LogP) is 2.37. The number of hydrogen-bond acceptors (Lipinski definition) is 2. The topological polar surface area (TPSA) is 32.3 Å². The second kappa shape index (κ2) is 7.22. The fraction of sp³-hybridized carbons (Fsp3) is 0.462. The molecule has 1 aliphatic rings. The van der Waals surface area contributed by atoms with E-state index in [0.717, 1.165) is 17.6 Å². The van der Waals surface area contributed by atoms with Crippen molar-refractivity contribution < 1.29 is 9.18 Å². The highest BCUT2D eigenvalue weighted by Gasteiger charge is 2.21. The Labute approximate surface area is 127 Å². The van der Waals surface area contributed by atoms with E-state index >= 15 is 0 Å². The lowest BCUT2D eigenvalue weighted by Crippen LogP contribution is -2.51. The molecule has 0 saturated carbocycles. The standard InChI is InChI=1S/C13H16BrFN2O.ClH/c1-9-8-17(5-4-16-9)13(18)7-10-6-11(15)2-3-12(10)14;/h2-3,6,9,16H,4-5,7-8H2,1H3;1H. The summed E-state index contributed by atoms with van der Waals surface area (Å²) < 4.78 is 13.9. The molecule has 0 aliphatic carbocycles. The SMILES string of the molecule is CC1CN(C(=O)Cc2cc(F)ccc2Br)CCN1.Cl. The van der Waals surface area contributed by atoms with Crippen LogP contribution in [-0.4, -0.2) is 36.5 Å². The van der Waals surface area contributed by atoms with E-state index < -0.39 is 0 Å². The van der Waals surface area contributed by atoms with E-state index in [1.165, 1.54) is 12.1 Å². The summed E-state index contributed by atoms with van der Waals surface area (Å²) in [7, 11) is 0. The number of piperazine rings is 1. The zero-order chi connectivity index (χ0) is 13.1. The maximum atomic E-state index is 13.1. The molecule has 6 heteroatoms. The molecule has 0 radical (unpaired) electrons. The second-order valence-electron chi connectivity index (χ2n) is 4.61. The monoisotopic (exact) mass is 350 g/mol. The van der Waals surface area contributed by atoms with Gasteiger partial charge in [0.15, 0.2) is 0 Å². The second-order valence-corrected chi connectivity index (χ2v) is 5.46. The van der Waals surface area contributed by atoms with Gasteiger partial charge in [-0.1, -0.05) is 15.9 Å². The third-order valence-electron chi connectivity index (χ3n) is 3.07. The van der Waals surface area contributed by atoms with Crippen LogP contribution in [0.2, 0.25) is 0 Å². The van der Waals surface area contributed by atoms with Crippen molar-refractivity contribution in [2.75, 3.05) is 19.6 Å². The summed E-state index contributed by atoms with van der Waals surface area (Å²) in [6, 6.07) is 4.75. The fourth-order valence-electron chi connectivity index (χ4n) is 2.11. The van der Waals surface area contributed by atoms with E-state index in [9.17, 15) is 9.18 Å². The number of nitrogens with zero attached hydrogens (tertiary/aromatic N) is 1. The summed E-state index contributed by atoms with van der Waals surface area (Å²) >= 11 is 3.35. The summed E-state index contributed by atoms with van der Waals surface area (Å²) in [6.45, 7) is 4.30. The van der Waals surface area contributed by atoms with Gasteiger partial charge < -0.3 is 10.2 Å². The summed E-state index contributed by atoms with van der Waals surface area (Å²) in [5.41, 5.74) is 0.700. The molecule has 19 heavy (non-hydrogen) atoms. The van der Waals surface area contributed by atoms with Gasteiger partial charge in [0, 0.05) is 30.1 Å². The summed E-state index contributed by atoms with van der Waals surface area (Å²) in [6.07, 6.45) is 0.241. The number of halogens is 3. The van der Waals surface area contributed by atoms with Gasteiger partial charge in [-0.25, -0.2) is 4.39 Å². The molecule has 1 saturated heterocycles. The van der Waals surface area contributed by atoms with Gasteiger partial charge in [0.05, 0.1) is 6.42 Å². The summed E-state index contributed by atoms with van der Waals surface area (Å²) in [5, 5.41) is 3.29. The lowest BCUT2D eigenvalue weighted by atomic mass is 10.1. The number of nitrogens with one attached hydrogen (secondary N) is 1. The van der Waals surface area contributed by atoms with E-state index in [0.29, 0.717) is 18.2 Å². The molecule has 1 aliphatic heterocycles. The molecule has 106 valence electrons. The zero-order valence-electron chi connectivity index (χ0n) is 10.7. The van der Waals surface area contributed by atoms with Crippen LogP contribution in [0, 0.1) is 5.82 Å². The first-order valence-corrected chi connectivity index (χ1v) is 6.80. The molecule has 1 unspecified atom stereocenters. The fourth-order valence-corrected chi connectivity index (χ4v) is 2.50. The van der Waals surface area contributed by atoms with E-state index in [4.69, 9.17) is 0 Å². The number of amides is 1. The normalized spacial score (nSPS) is 18.9. The van der Waals surface area contributed by atoms with Crippen molar-refractivity contribution in [2.24, 2.45) is 0 Å². The van der Waals surface area contributed by atoms with Crippen LogP contribution < -0.4 is 5.32 Å². The van der Waals surface area contributed by atoms with Gasteiger partial charge in [0.2, 0.25) is 5.91 Å². The van der Waals surface area contributed by atoms with Crippen LogP contribution in [0.15, 0.2) is 22.7 Å². The number of carbonyl (C=O) groups excluding carboxylic acids is 1. The molecule has 1 aromatic carbocycles. The minimum Gasteiger partial charge on any atom is -0.340 e. The molecule has 1 amide bonds. The molecule has 1 N–H and O–H groups in total. The van der Waals surface area contributed by atoms with Gasteiger partial charge in [-0.15, -0.1) is 12.4 Å². The Bertz CT molecular complexity index is 458. The highest BCUT2D eigenvalue weighted by Crippen LogP contribution is 2.19. The largest absolute Gasteiger partial charge is 0.340 e. The molecular formula is C13H17BrClFN2O. The minimum atomic E-state index is -0.310. The van der Waals surface area contributed by atoms with Crippen LogP contribution in [0.4, 0.5) is 4.39 Å². The van der Waals surface area contributed by atoms with Crippen LogP contribution >= 0.6 is 28.3 Å². The third-order valence-corrected chi connectivity index (χ3v) is 3.84. The molecule has 0 aromatic heterocycles. The number of carbonyl (C=O) groups is 1. The van der Waals surface area contributed by atoms with Gasteiger partial charge in [0.25, 0.3) is 0 Å². The first-order chi connectivity index (χ1) is 8.56. The van der Waals surface area contributed by atoms with Gasteiger partial charge in [0.1, 0.15) is 5.82 Å². The Hall–Kier alpha value is -0.650. The van der Waals surface area contributed by atoms with Crippen molar-refractivity contribution in [3.05, 3.63) is 34.1 Å². The molecule has 1 aromatic rings. The Morgan fingerprint density at radius 1 is 1.58 bits per heavy atom. The van der Waals surface area contributed by atoms with Crippen LogP contribution in [0.25, 0.3) is 0 Å². The van der Waals surface area contributed by atoms with Crippen LogP contribution in [0.5, 0.6) is 0 Å². The third kappa shape index (κ3) is 4.44. The highest BCUT2D eigenvalue weighted by atomic mass is 79.9. The van der Waals surface area contributed by atoms with Crippen molar-refractivity contribution in [3.8, 4) is 0 Å². The quantitative estimate of drug-likeness (QED) is 0.887. The number of benzene rings is 1. The number of rotatable bonds is 2. The Kier molecular flexibility index (Phi) is 6.23. The first-order valence-electron chi connectivity index (χ1n) is 6.01. The average Bonchev–Trinajstić information content (AvgIpc) is 2.34. The van der Waals surface area contributed by atoms with Gasteiger partial charge in [-0.05, 0) is 30.7 Å². The van der Waals surface area contributed by atoms with Gasteiger partial charge in [-0.2, -0.15) is 0 Å². The van der Waals surface area contributed by atoms with E-state index in [2.05, 4.69) is 28.2 Å². The lowest BCUT2D eigenvalue weighted by molar-refractivity contribution is -0.131. The van der Waals surface area contributed by atoms with Crippen molar-refractivity contribution in [3.63, 3.8) is 0 Å².